The highest BCUT2D eigenvalue weighted by Gasteiger charge is 2.29. The first-order valence-electron chi connectivity index (χ1n) is 8.26. The topological polar surface area (TPSA) is 130 Å². The van der Waals surface area contributed by atoms with Crippen molar-refractivity contribution in [3.05, 3.63) is 34.7 Å². The maximum absolute atomic E-state index is 12.7. The zero-order valence-corrected chi connectivity index (χ0v) is 13.9. The van der Waals surface area contributed by atoms with Crippen molar-refractivity contribution in [2.45, 2.75) is 31.7 Å². The van der Waals surface area contributed by atoms with Gasteiger partial charge >= 0.3 is 5.97 Å². The van der Waals surface area contributed by atoms with Crippen molar-refractivity contribution in [2.24, 2.45) is 0 Å². The fourth-order valence-corrected chi connectivity index (χ4v) is 2.88. The Bertz CT molecular complexity index is 936. The summed E-state index contributed by atoms with van der Waals surface area (Å²) in [6.45, 7) is 0.499. The summed E-state index contributed by atoms with van der Waals surface area (Å²) >= 11 is 0. The van der Waals surface area contributed by atoms with Crippen LogP contribution in [0, 0.1) is 0 Å². The van der Waals surface area contributed by atoms with Gasteiger partial charge in [-0.1, -0.05) is 0 Å². The zero-order valence-electron chi connectivity index (χ0n) is 13.9. The largest absolute Gasteiger partial charge is 0.481 e. The number of nitrogens with one attached hydrogen (secondary N) is 2. The van der Waals surface area contributed by atoms with Gasteiger partial charge in [-0.15, -0.1) is 0 Å². The number of hydrogen-bond acceptors (Lipinski definition) is 6. The highest BCUT2D eigenvalue weighted by atomic mass is 16.4. The van der Waals surface area contributed by atoms with E-state index < -0.39 is 23.5 Å². The number of piperidine rings is 1. The number of imide groups is 1. The van der Waals surface area contributed by atoms with E-state index in [2.05, 4.69) is 15.7 Å². The number of carbonyl (C=O) groups excluding carboxylic acids is 2. The number of aromatic nitrogens is 2. The molecule has 2 heterocycles. The normalized spacial score (nSPS) is 17.2. The van der Waals surface area contributed by atoms with Crippen LogP contribution in [0.15, 0.2) is 29.2 Å². The average molecular weight is 358 g/mol. The van der Waals surface area contributed by atoms with Gasteiger partial charge in [0.15, 0.2) is 0 Å². The van der Waals surface area contributed by atoms with Crippen molar-refractivity contribution < 1.29 is 19.5 Å². The molecule has 1 fully saturated rings. The molecule has 1 unspecified atom stereocenters. The molecule has 0 aliphatic carbocycles. The lowest BCUT2D eigenvalue weighted by molar-refractivity contribution is -0.137. The first-order chi connectivity index (χ1) is 12.5. The zero-order chi connectivity index (χ0) is 18.7. The molecular formula is C17H18N4O5. The summed E-state index contributed by atoms with van der Waals surface area (Å²) in [5.41, 5.74) is 0.359. The first-order valence-corrected chi connectivity index (χ1v) is 8.26. The standard InChI is InChI=1S/C17H18N4O5/c22-14-6-5-13(16(25)20-14)21-17(26)12-4-3-11(8-10(12)9-19-21)18-7-1-2-15(23)24/h3-4,8-9,13,18H,1-2,5-7H2,(H,23,24)(H,20,22,25). The molecule has 3 rings (SSSR count). The lowest BCUT2D eigenvalue weighted by atomic mass is 10.1. The molecular weight excluding hydrogens is 340 g/mol. The smallest absolute Gasteiger partial charge is 0.303 e. The van der Waals surface area contributed by atoms with Gasteiger partial charge in [0.25, 0.3) is 11.5 Å². The maximum atomic E-state index is 12.7. The fourth-order valence-electron chi connectivity index (χ4n) is 2.88. The summed E-state index contributed by atoms with van der Waals surface area (Å²) in [6.07, 6.45) is 2.48. The Balaban J connectivity index is 1.80. The first kappa shape index (κ1) is 17.6. The quantitative estimate of drug-likeness (QED) is 0.510. The molecule has 9 heteroatoms. The third-order valence-corrected chi connectivity index (χ3v) is 4.21. The van der Waals surface area contributed by atoms with E-state index in [1.54, 1.807) is 18.2 Å². The van der Waals surface area contributed by atoms with Crippen molar-refractivity contribution in [3.8, 4) is 0 Å². The Morgan fingerprint density at radius 1 is 1.35 bits per heavy atom. The van der Waals surface area contributed by atoms with E-state index >= 15 is 0 Å². The second-order valence-corrected chi connectivity index (χ2v) is 6.09. The minimum Gasteiger partial charge on any atom is -0.481 e. The van der Waals surface area contributed by atoms with Crippen molar-refractivity contribution in [2.75, 3.05) is 11.9 Å². The van der Waals surface area contributed by atoms with Gasteiger partial charge in [-0.25, -0.2) is 4.68 Å². The molecule has 2 amide bonds. The van der Waals surface area contributed by atoms with Gasteiger partial charge in [-0.2, -0.15) is 5.10 Å². The number of carboxylic acids is 1. The molecule has 0 bridgehead atoms. The van der Waals surface area contributed by atoms with E-state index in [-0.39, 0.29) is 25.2 Å². The Morgan fingerprint density at radius 2 is 2.15 bits per heavy atom. The van der Waals surface area contributed by atoms with Crippen LogP contribution in [-0.2, 0) is 14.4 Å². The number of benzene rings is 1. The minimum atomic E-state index is -0.844. The van der Waals surface area contributed by atoms with E-state index in [1.807, 2.05) is 0 Å². The fraction of sp³-hybridized carbons (Fsp3) is 0.353. The van der Waals surface area contributed by atoms with E-state index in [0.717, 1.165) is 10.4 Å². The lowest BCUT2D eigenvalue weighted by Crippen LogP contribution is -2.45. The summed E-state index contributed by atoms with van der Waals surface area (Å²) < 4.78 is 1.12. The Labute approximate surface area is 148 Å². The molecule has 0 radical (unpaired) electrons. The Kier molecular flexibility index (Phi) is 4.97. The van der Waals surface area contributed by atoms with Crippen LogP contribution in [-0.4, -0.2) is 39.2 Å². The van der Waals surface area contributed by atoms with Gasteiger partial charge < -0.3 is 10.4 Å². The monoisotopic (exact) mass is 358 g/mol. The van der Waals surface area contributed by atoms with Crippen molar-refractivity contribution in [1.82, 2.24) is 15.1 Å². The van der Waals surface area contributed by atoms with Crippen LogP contribution in [0.5, 0.6) is 0 Å². The van der Waals surface area contributed by atoms with Crippen molar-refractivity contribution in [1.29, 1.82) is 0 Å². The van der Waals surface area contributed by atoms with Crippen molar-refractivity contribution >= 4 is 34.2 Å². The molecule has 3 N–H and O–H groups in total. The number of amides is 2. The number of aliphatic carboxylic acids is 1. The molecule has 136 valence electrons. The van der Waals surface area contributed by atoms with Crippen LogP contribution in [0.3, 0.4) is 0 Å². The summed E-state index contributed by atoms with van der Waals surface area (Å²) in [5, 5.41) is 19.1. The molecule has 1 aliphatic rings. The second-order valence-electron chi connectivity index (χ2n) is 6.09. The van der Waals surface area contributed by atoms with Gasteiger partial charge in [-0.3, -0.25) is 24.5 Å². The predicted octanol–water partition coefficient (Wildman–Crippen LogP) is 0.651. The number of carbonyl (C=O) groups is 3. The molecule has 1 aromatic carbocycles. The third-order valence-electron chi connectivity index (χ3n) is 4.21. The SMILES string of the molecule is O=C(O)CCCNc1ccc2c(=O)n(C3CCC(=O)NC3=O)ncc2c1. The van der Waals surface area contributed by atoms with Crippen LogP contribution in [0.25, 0.3) is 10.8 Å². The molecule has 26 heavy (non-hydrogen) atoms. The summed E-state index contributed by atoms with van der Waals surface area (Å²) in [4.78, 5) is 46.4. The van der Waals surface area contributed by atoms with Gasteiger partial charge in [-0.05, 0) is 31.0 Å². The molecule has 1 saturated heterocycles. The van der Waals surface area contributed by atoms with Gasteiger partial charge in [0.05, 0.1) is 11.6 Å². The number of fused-ring (bicyclic) bond motifs is 1. The van der Waals surface area contributed by atoms with Gasteiger partial charge in [0, 0.05) is 30.5 Å². The van der Waals surface area contributed by atoms with Gasteiger partial charge in [0.1, 0.15) is 6.04 Å². The van der Waals surface area contributed by atoms with E-state index in [9.17, 15) is 19.2 Å². The van der Waals surface area contributed by atoms with E-state index in [0.29, 0.717) is 23.7 Å². The van der Waals surface area contributed by atoms with Gasteiger partial charge in [0.2, 0.25) is 5.91 Å². The molecule has 1 aliphatic heterocycles. The average Bonchev–Trinajstić information content (AvgIpc) is 2.60. The molecule has 0 spiro atoms. The van der Waals surface area contributed by atoms with Crippen LogP contribution >= 0.6 is 0 Å². The molecule has 9 nitrogen and oxygen atoms in total. The highest BCUT2D eigenvalue weighted by molar-refractivity contribution is 5.99. The summed E-state index contributed by atoms with van der Waals surface area (Å²) in [5.74, 6) is -1.71. The Hall–Kier alpha value is -3.23. The minimum absolute atomic E-state index is 0.0821. The number of anilines is 1. The summed E-state index contributed by atoms with van der Waals surface area (Å²) in [7, 11) is 0. The van der Waals surface area contributed by atoms with Crippen LogP contribution in [0.4, 0.5) is 5.69 Å². The molecule has 1 atom stereocenters. The van der Waals surface area contributed by atoms with Crippen LogP contribution in [0.2, 0.25) is 0 Å². The molecule has 1 aromatic heterocycles. The maximum Gasteiger partial charge on any atom is 0.303 e. The Morgan fingerprint density at radius 3 is 2.88 bits per heavy atom. The number of nitrogens with zero attached hydrogens (tertiary/aromatic N) is 2. The number of hydrogen-bond donors (Lipinski definition) is 3. The number of rotatable bonds is 6. The molecule has 2 aromatic rings. The predicted molar refractivity (Wildman–Crippen MR) is 92.8 cm³/mol. The highest BCUT2D eigenvalue weighted by Crippen LogP contribution is 2.19. The molecule has 0 saturated carbocycles. The van der Waals surface area contributed by atoms with Crippen LogP contribution in [0.1, 0.15) is 31.7 Å². The lowest BCUT2D eigenvalue weighted by Gasteiger charge is -2.21. The number of carboxylic acid groups (broad SMARTS) is 1. The van der Waals surface area contributed by atoms with Crippen LogP contribution < -0.4 is 16.2 Å². The van der Waals surface area contributed by atoms with E-state index in [4.69, 9.17) is 5.11 Å². The third kappa shape index (κ3) is 3.71. The van der Waals surface area contributed by atoms with E-state index in [1.165, 1.54) is 6.20 Å². The summed E-state index contributed by atoms with van der Waals surface area (Å²) in [6, 6.07) is 4.32. The van der Waals surface area contributed by atoms with Crippen molar-refractivity contribution in [3.63, 3.8) is 0 Å². The second kappa shape index (κ2) is 7.34.